The minimum Gasteiger partial charge on any atom is -0.481 e. The first kappa shape index (κ1) is 12.8. The summed E-state index contributed by atoms with van der Waals surface area (Å²) >= 11 is 0. The molecule has 1 saturated carbocycles. The number of hydrogen-bond donors (Lipinski definition) is 2. The van der Waals surface area contributed by atoms with E-state index in [0.29, 0.717) is 5.82 Å². The second-order valence-electron chi connectivity index (χ2n) is 5.49. The van der Waals surface area contributed by atoms with Crippen LogP contribution in [0.4, 0.5) is 5.82 Å². The van der Waals surface area contributed by atoms with Gasteiger partial charge in [-0.05, 0) is 37.3 Å². The number of carboxylic acids is 1. The highest BCUT2D eigenvalue weighted by atomic mass is 16.4. The first-order valence-corrected chi connectivity index (χ1v) is 6.72. The number of aryl methyl sites for hydroxylation is 1. The van der Waals surface area contributed by atoms with Gasteiger partial charge in [0.2, 0.25) is 5.91 Å². The number of carbonyl (C=O) groups is 2. The van der Waals surface area contributed by atoms with Crippen molar-refractivity contribution in [3.05, 3.63) is 36.0 Å². The number of fused-ring (bicyclic) bond motifs is 2. The van der Waals surface area contributed by atoms with Crippen LogP contribution in [0.1, 0.15) is 12.1 Å². The Hall–Kier alpha value is -2.17. The zero-order valence-electron chi connectivity index (χ0n) is 11.1. The van der Waals surface area contributed by atoms with E-state index in [0.717, 1.165) is 12.1 Å². The summed E-state index contributed by atoms with van der Waals surface area (Å²) in [5.74, 6) is -1.75. The summed E-state index contributed by atoms with van der Waals surface area (Å²) in [4.78, 5) is 28.0. The van der Waals surface area contributed by atoms with Gasteiger partial charge in [0.1, 0.15) is 5.82 Å². The molecule has 1 heterocycles. The maximum absolute atomic E-state index is 12.4. The molecule has 1 aromatic heterocycles. The predicted octanol–water partition coefficient (Wildman–Crippen LogP) is 1.85. The van der Waals surface area contributed by atoms with E-state index in [-0.39, 0.29) is 17.7 Å². The van der Waals surface area contributed by atoms with Gasteiger partial charge in [-0.15, -0.1) is 0 Å². The summed E-state index contributed by atoms with van der Waals surface area (Å²) in [5, 5.41) is 12.1. The van der Waals surface area contributed by atoms with Gasteiger partial charge in [0.15, 0.2) is 0 Å². The van der Waals surface area contributed by atoms with Crippen molar-refractivity contribution in [1.82, 2.24) is 4.98 Å². The van der Waals surface area contributed by atoms with Crippen LogP contribution in [-0.2, 0) is 9.59 Å². The highest BCUT2D eigenvalue weighted by Crippen LogP contribution is 2.48. The Morgan fingerprint density at radius 1 is 1.25 bits per heavy atom. The zero-order chi connectivity index (χ0) is 14.3. The van der Waals surface area contributed by atoms with Crippen molar-refractivity contribution >= 4 is 17.7 Å². The molecule has 4 atom stereocenters. The predicted molar refractivity (Wildman–Crippen MR) is 73.0 cm³/mol. The fourth-order valence-corrected chi connectivity index (χ4v) is 3.34. The minimum atomic E-state index is -0.890. The molecule has 2 N–H and O–H groups in total. The van der Waals surface area contributed by atoms with E-state index in [1.54, 1.807) is 6.07 Å². The largest absolute Gasteiger partial charge is 0.481 e. The van der Waals surface area contributed by atoms with E-state index in [2.05, 4.69) is 10.3 Å². The van der Waals surface area contributed by atoms with Gasteiger partial charge in [0.25, 0.3) is 0 Å². The van der Waals surface area contributed by atoms with Gasteiger partial charge < -0.3 is 10.4 Å². The third-order valence-corrected chi connectivity index (χ3v) is 4.19. The molecule has 2 bridgehead atoms. The van der Waals surface area contributed by atoms with Crippen molar-refractivity contribution in [3.63, 3.8) is 0 Å². The Kier molecular flexibility index (Phi) is 3.04. The number of carboxylic acid groups (broad SMARTS) is 1. The third kappa shape index (κ3) is 2.09. The normalized spacial score (nSPS) is 30.4. The van der Waals surface area contributed by atoms with Gasteiger partial charge in [-0.3, -0.25) is 9.59 Å². The number of nitrogens with zero attached hydrogens (tertiary/aromatic N) is 1. The Morgan fingerprint density at radius 3 is 2.60 bits per heavy atom. The number of pyridine rings is 1. The van der Waals surface area contributed by atoms with Gasteiger partial charge >= 0.3 is 5.97 Å². The zero-order valence-corrected chi connectivity index (χ0v) is 11.1. The molecular formula is C15H16N2O3. The first-order valence-electron chi connectivity index (χ1n) is 6.72. The van der Waals surface area contributed by atoms with Crippen LogP contribution in [0.2, 0.25) is 0 Å². The van der Waals surface area contributed by atoms with Crippen LogP contribution in [0, 0.1) is 30.6 Å². The SMILES string of the molecule is Cc1cccc(NC(=O)[C@@H]2[C@H](C(=O)O)[C@H]3C=C[C@H]2C3)n1. The Morgan fingerprint density at radius 2 is 1.95 bits per heavy atom. The Labute approximate surface area is 116 Å². The topological polar surface area (TPSA) is 79.3 Å². The number of rotatable bonds is 3. The molecule has 104 valence electrons. The lowest BCUT2D eigenvalue weighted by Gasteiger charge is -2.23. The first-order chi connectivity index (χ1) is 9.56. The van der Waals surface area contributed by atoms with Crippen molar-refractivity contribution in [2.75, 3.05) is 5.32 Å². The van der Waals surface area contributed by atoms with Gasteiger partial charge in [-0.1, -0.05) is 18.2 Å². The molecular weight excluding hydrogens is 256 g/mol. The van der Waals surface area contributed by atoms with E-state index in [1.807, 2.05) is 31.2 Å². The number of allylic oxidation sites excluding steroid dienone is 2. The van der Waals surface area contributed by atoms with E-state index in [4.69, 9.17) is 0 Å². The van der Waals surface area contributed by atoms with Crippen molar-refractivity contribution in [3.8, 4) is 0 Å². The lowest BCUT2D eigenvalue weighted by molar-refractivity contribution is -0.146. The molecule has 5 heteroatoms. The quantitative estimate of drug-likeness (QED) is 0.823. The number of hydrogen-bond acceptors (Lipinski definition) is 3. The van der Waals surface area contributed by atoms with Gasteiger partial charge in [0, 0.05) is 5.69 Å². The smallest absolute Gasteiger partial charge is 0.307 e. The van der Waals surface area contributed by atoms with E-state index < -0.39 is 17.8 Å². The van der Waals surface area contributed by atoms with E-state index in [1.165, 1.54) is 0 Å². The summed E-state index contributed by atoms with van der Waals surface area (Å²) < 4.78 is 0. The second kappa shape index (κ2) is 4.74. The summed E-state index contributed by atoms with van der Waals surface area (Å²) in [7, 11) is 0. The molecule has 3 rings (SSSR count). The molecule has 2 aliphatic rings. The van der Waals surface area contributed by atoms with Crippen molar-refractivity contribution in [2.45, 2.75) is 13.3 Å². The number of aromatic nitrogens is 1. The van der Waals surface area contributed by atoms with Crippen LogP contribution in [0.3, 0.4) is 0 Å². The Bertz CT molecular complexity index is 597. The van der Waals surface area contributed by atoms with Crippen molar-refractivity contribution in [2.24, 2.45) is 23.7 Å². The van der Waals surface area contributed by atoms with Crippen LogP contribution >= 0.6 is 0 Å². The number of anilines is 1. The highest BCUT2D eigenvalue weighted by molar-refractivity contribution is 5.95. The molecule has 1 amide bonds. The van der Waals surface area contributed by atoms with E-state index >= 15 is 0 Å². The number of amides is 1. The molecule has 20 heavy (non-hydrogen) atoms. The molecule has 1 aromatic rings. The molecule has 0 aliphatic heterocycles. The lowest BCUT2D eigenvalue weighted by atomic mass is 9.82. The second-order valence-corrected chi connectivity index (χ2v) is 5.49. The number of aliphatic carboxylic acids is 1. The van der Waals surface area contributed by atoms with Crippen molar-refractivity contribution in [1.29, 1.82) is 0 Å². The Balaban J connectivity index is 1.80. The van der Waals surface area contributed by atoms with Gasteiger partial charge in [-0.2, -0.15) is 0 Å². The van der Waals surface area contributed by atoms with Gasteiger partial charge in [-0.25, -0.2) is 4.98 Å². The monoisotopic (exact) mass is 272 g/mol. The molecule has 0 saturated heterocycles. The molecule has 0 spiro atoms. The molecule has 2 aliphatic carbocycles. The van der Waals surface area contributed by atoms with Gasteiger partial charge in [0.05, 0.1) is 11.8 Å². The average molecular weight is 272 g/mol. The summed E-state index contributed by atoms with van der Waals surface area (Å²) in [6.45, 7) is 1.84. The van der Waals surface area contributed by atoms with Crippen LogP contribution in [0.5, 0.6) is 0 Å². The van der Waals surface area contributed by atoms with Crippen LogP contribution in [-0.4, -0.2) is 22.0 Å². The van der Waals surface area contributed by atoms with Crippen LogP contribution in [0.25, 0.3) is 0 Å². The molecule has 1 fully saturated rings. The summed E-state index contributed by atoms with van der Waals surface area (Å²) in [6.07, 6.45) is 4.66. The summed E-state index contributed by atoms with van der Waals surface area (Å²) in [5.41, 5.74) is 0.811. The number of nitrogens with one attached hydrogen (secondary N) is 1. The lowest BCUT2D eigenvalue weighted by Crippen LogP contribution is -2.36. The average Bonchev–Trinajstić information content (AvgIpc) is 2.98. The van der Waals surface area contributed by atoms with E-state index in [9.17, 15) is 14.7 Å². The summed E-state index contributed by atoms with van der Waals surface area (Å²) in [6, 6.07) is 5.37. The van der Waals surface area contributed by atoms with Crippen LogP contribution < -0.4 is 5.32 Å². The molecule has 0 aromatic carbocycles. The molecule has 0 unspecified atom stereocenters. The van der Waals surface area contributed by atoms with Crippen molar-refractivity contribution < 1.29 is 14.7 Å². The maximum atomic E-state index is 12.4. The fraction of sp³-hybridized carbons (Fsp3) is 0.400. The highest BCUT2D eigenvalue weighted by Gasteiger charge is 2.51. The van der Waals surface area contributed by atoms with Crippen LogP contribution in [0.15, 0.2) is 30.4 Å². The maximum Gasteiger partial charge on any atom is 0.307 e. The molecule has 5 nitrogen and oxygen atoms in total. The standard InChI is InChI=1S/C15H16N2O3/c1-8-3-2-4-11(16-8)17-14(18)12-9-5-6-10(7-9)13(12)15(19)20/h2-6,9-10,12-13H,7H2,1H3,(H,19,20)(H,16,17,18)/t9-,10-,12-,13+/m0/s1. The minimum absolute atomic E-state index is 0.0151. The fourth-order valence-electron chi connectivity index (χ4n) is 3.34. The number of carbonyl (C=O) groups excluding carboxylic acids is 1. The third-order valence-electron chi connectivity index (χ3n) is 4.19. The molecule has 0 radical (unpaired) electrons.